The number of phenolic OH excluding ortho intramolecular Hbond substituents is 2. The van der Waals surface area contributed by atoms with Gasteiger partial charge in [0.05, 0.1) is 17.9 Å². The fourth-order valence-corrected chi connectivity index (χ4v) is 8.97. The van der Waals surface area contributed by atoms with Crippen LogP contribution in [0.3, 0.4) is 0 Å². The Balaban J connectivity index is 0.000000305. The van der Waals surface area contributed by atoms with E-state index in [4.69, 9.17) is 20.7 Å². The van der Waals surface area contributed by atoms with E-state index < -0.39 is 24.0 Å². The van der Waals surface area contributed by atoms with Crippen molar-refractivity contribution in [3.05, 3.63) is 68.9 Å². The minimum absolute atomic E-state index is 0.228. The Morgan fingerprint density at radius 1 is 0.805 bits per heavy atom. The Bertz CT molecular complexity index is 1400. The van der Waals surface area contributed by atoms with Crippen molar-refractivity contribution in [2.45, 2.75) is 24.9 Å². The van der Waals surface area contributed by atoms with Crippen molar-refractivity contribution in [1.82, 2.24) is 1.33 Å². The average molecular weight is 1460 g/mol. The number of nitrogens with two attached hydrogens (primary N) is 1. The maximum Gasteiger partial charge on any atom is 0.322 e. The van der Waals surface area contributed by atoms with Crippen LogP contribution < -0.4 is 10.5 Å². The minimum atomic E-state index is -1.02. The molecule has 0 saturated carbocycles. The molecule has 0 aromatic heterocycles. The number of carbonyl (C=O) groups is 2. The number of halogens is 8. The summed E-state index contributed by atoms with van der Waals surface area (Å²) in [5.74, 6) is -0.0767. The molecule has 0 bridgehead atoms. The zero-order valence-corrected chi connectivity index (χ0v) is 37.4. The van der Waals surface area contributed by atoms with E-state index in [9.17, 15) is 19.8 Å². The van der Waals surface area contributed by atoms with E-state index in [1.165, 1.54) is 0 Å². The molecule has 6 N–H and O–H groups in total. The third-order valence-electron chi connectivity index (χ3n) is 5.12. The highest BCUT2D eigenvalue weighted by molar-refractivity contribution is 14.2. The molecule has 0 saturated heterocycles. The van der Waals surface area contributed by atoms with Gasteiger partial charge in [0.15, 0.2) is 5.75 Å². The average Bonchev–Trinajstić information content (AvgIpc) is 2.87. The fourth-order valence-electron chi connectivity index (χ4n) is 3.07. The van der Waals surface area contributed by atoms with Crippen LogP contribution >= 0.6 is 181 Å². The van der Waals surface area contributed by atoms with Gasteiger partial charge in [0.25, 0.3) is 0 Å². The maximum absolute atomic E-state index is 11.1. The van der Waals surface area contributed by atoms with E-state index in [1.54, 1.807) is 25.6 Å². The van der Waals surface area contributed by atoms with Crippen molar-refractivity contribution in [2.75, 3.05) is 0 Å². The number of hydrogen-bond acceptors (Lipinski definition) is 7. The molecule has 2 atom stereocenters. The van der Waals surface area contributed by atoms with Crippen molar-refractivity contribution < 1.29 is 34.8 Å². The van der Waals surface area contributed by atoms with E-state index >= 15 is 0 Å². The van der Waals surface area contributed by atoms with Crippen molar-refractivity contribution >= 4 is 193 Å². The summed E-state index contributed by atoms with van der Waals surface area (Å²) >= 11 is 16.5. The first-order valence-electron chi connectivity index (χ1n) is 10.8. The molecule has 0 aliphatic carbocycles. The molecule has 0 amide bonds. The lowest BCUT2D eigenvalue weighted by Crippen LogP contribution is -2.32. The smallest absolute Gasteiger partial charge is 0.322 e. The molecular formula is C24H18I8N2O7. The number of aromatic hydroxyl groups is 2. The molecule has 0 aliphatic rings. The maximum atomic E-state index is 11.1. The summed E-state index contributed by atoms with van der Waals surface area (Å²) in [7, 11) is 0. The lowest BCUT2D eigenvalue weighted by atomic mass is 10.1. The highest BCUT2D eigenvalue weighted by atomic mass is 127. The summed E-state index contributed by atoms with van der Waals surface area (Å²) in [4.78, 5) is 22.0. The van der Waals surface area contributed by atoms with E-state index in [0.29, 0.717) is 25.1 Å². The first-order chi connectivity index (χ1) is 19.0. The summed E-state index contributed by atoms with van der Waals surface area (Å²) in [5.41, 5.74) is 7.37. The molecule has 222 valence electrons. The number of hydrogen-bond donors (Lipinski definition) is 5. The van der Waals surface area contributed by atoms with Gasteiger partial charge in [0.1, 0.15) is 29.3 Å². The van der Waals surface area contributed by atoms with Crippen molar-refractivity contribution in [2.24, 2.45) is 5.73 Å². The first kappa shape index (κ1) is 38.9. The monoisotopic (exact) mass is 1460 g/mol. The standard InChI is InChI=1S/C15H11I4NO4.C9H7I4NO3/c16-8-4-7(5-9(17)13(8)21)24-14-10(18)1-6(2-11(14)19)3-12(20)15(22)23;10-7-4(1-2-6(15)8(7)11)3-5(9(16)17)14(12)13/h1-2,4-5,12,21H,3,20H2,(H,22,23);1-2,5,15H,3H2,(H,16,17). The highest BCUT2D eigenvalue weighted by Gasteiger charge is 2.24. The van der Waals surface area contributed by atoms with Crippen LogP contribution in [0.5, 0.6) is 23.0 Å². The Labute approximate surface area is 345 Å². The number of carboxylic acids is 2. The van der Waals surface area contributed by atoms with Gasteiger partial charge >= 0.3 is 11.9 Å². The number of rotatable bonds is 9. The van der Waals surface area contributed by atoms with Crippen molar-refractivity contribution in [3.63, 3.8) is 0 Å². The second-order valence-electron chi connectivity index (χ2n) is 8.06. The molecule has 0 heterocycles. The Hall–Kier alpha value is 1.76. The van der Waals surface area contributed by atoms with Gasteiger partial charge in [-0.15, -0.1) is 0 Å². The number of phenols is 2. The van der Waals surface area contributed by atoms with Gasteiger partial charge in [-0.1, -0.05) is 6.07 Å². The Morgan fingerprint density at radius 3 is 1.80 bits per heavy atom. The summed E-state index contributed by atoms with van der Waals surface area (Å²) in [5, 5.41) is 37.4. The van der Waals surface area contributed by atoms with E-state index in [1.807, 2.05) is 57.9 Å². The molecule has 0 aliphatic heterocycles. The van der Waals surface area contributed by atoms with E-state index in [0.717, 1.165) is 25.4 Å². The van der Waals surface area contributed by atoms with Gasteiger partial charge < -0.3 is 30.9 Å². The third kappa shape index (κ3) is 11.8. The SMILES string of the molecule is NC(Cc1cc(I)c(Oc2cc(I)c(O)c(I)c2)c(I)c1)C(=O)O.O=C(O)C(Cc1ccc(O)c(I)c1I)N(I)I. The molecule has 0 fully saturated rings. The predicted molar refractivity (Wildman–Crippen MR) is 223 cm³/mol. The predicted octanol–water partition coefficient (Wildman–Crippen LogP) is 8.16. The minimum Gasteiger partial charge on any atom is -0.507 e. The lowest BCUT2D eigenvalue weighted by molar-refractivity contribution is -0.140. The molecular weight excluding hydrogens is 1440 g/mol. The summed E-state index contributed by atoms with van der Waals surface area (Å²) in [6.07, 6.45) is 0.673. The zero-order chi connectivity index (χ0) is 31.2. The summed E-state index contributed by atoms with van der Waals surface area (Å²) in [6.45, 7) is 0. The number of benzene rings is 3. The molecule has 41 heavy (non-hydrogen) atoms. The van der Waals surface area contributed by atoms with Crippen LogP contribution in [0.4, 0.5) is 0 Å². The highest BCUT2D eigenvalue weighted by Crippen LogP contribution is 2.37. The molecule has 9 nitrogen and oxygen atoms in total. The lowest BCUT2D eigenvalue weighted by Gasteiger charge is -2.17. The van der Waals surface area contributed by atoms with Crippen LogP contribution in [0.1, 0.15) is 11.1 Å². The van der Waals surface area contributed by atoms with Crippen molar-refractivity contribution in [1.29, 1.82) is 0 Å². The topological polar surface area (TPSA) is 154 Å². The van der Waals surface area contributed by atoms with E-state index in [-0.39, 0.29) is 17.9 Å². The van der Waals surface area contributed by atoms with Crippen LogP contribution in [-0.4, -0.2) is 45.8 Å². The largest absolute Gasteiger partial charge is 0.507 e. The molecule has 0 spiro atoms. The first-order valence-corrected chi connectivity index (χ1v) is 19.2. The van der Waals surface area contributed by atoms with Gasteiger partial charge in [-0.2, -0.15) is 1.33 Å². The van der Waals surface area contributed by atoms with Crippen LogP contribution in [0, 0.1) is 21.4 Å². The van der Waals surface area contributed by atoms with Gasteiger partial charge in [-0.25, -0.2) is 0 Å². The van der Waals surface area contributed by atoms with Gasteiger partial charge in [-0.3, -0.25) is 9.59 Å². The number of carboxylic acid groups (broad SMARTS) is 2. The molecule has 3 aromatic rings. The second-order valence-corrected chi connectivity index (χ2v) is 18.8. The van der Waals surface area contributed by atoms with Gasteiger partial charge in [0.2, 0.25) is 0 Å². The zero-order valence-electron chi connectivity index (χ0n) is 20.1. The Kier molecular flexibility index (Phi) is 17.3. The molecule has 17 heteroatoms. The van der Waals surface area contributed by atoms with Gasteiger partial charge in [-0.05, 0) is 183 Å². The molecule has 2 unspecified atom stereocenters. The Morgan fingerprint density at radius 2 is 1.34 bits per heavy atom. The van der Waals surface area contributed by atoms with Crippen LogP contribution in [0.2, 0.25) is 0 Å². The normalized spacial score (nSPS) is 12.3. The molecule has 0 radical (unpaired) electrons. The number of nitrogens with zero attached hydrogens (tertiary/aromatic N) is 1. The third-order valence-corrected chi connectivity index (χ3v) is 13.1. The summed E-state index contributed by atoms with van der Waals surface area (Å²) in [6, 6.07) is 9.13. The van der Waals surface area contributed by atoms with Gasteiger partial charge in [0, 0.05) is 55.7 Å². The molecule has 3 rings (SSSR count). The van der Waals surface area contributed by atoms with Crippen LogP contribution in [0.25, 0.3) is 0 Å². The fraction of sp³-hybridized carbons (Fsp3) is 0.167. The summed E-state index contributed by atoms with van der Waals surface area (Å²) < 4.78 is 12.4. The second kappa shape index (κ2) is 18.2. The van der Waals surface area contributed by atoms with Crippen LogP contribution in [-0.2, 0) is 22.4 Å². The van der Waals surface area contributed by atoms with Crippen molar-refractivity contribution in [3.8, 4) is 23.0 Å². The van der Waals surface area contributed by atoms with E-state index in [2.05, 4.69) is 136 Å². The number of ether oxygens (including phenoxy) is 1. The molecule has 3 aromatic carbocycles. The van der Waals surface area contributed by atoms with Crippen LogP contribution in [0.15, 0.2) is 36.4 Å². The number of aliphatic carboxylic acids is 2. The quantitative estimate of drug-likeness (QED) is 0.106.